The number of hydrogen-bond donors (Lipinski definition) is 0. The molecular formula is C21H27BrN4O2S2. The summed E-state index contributed by atoms with van der Waals surface area (Å²) < 4.78 is 6.10. The van der Waals surface area contributed by atoms with Gasteiger partial charge in [-0.3, -0.25) is 0 Å². The highest BCUT2D eigenvalue weighted by molar-refractivity contribution is 9.08. The van der Waals surface area contributed by atoms with Crippen LogP contribution in [0.25, 0.3) is 0 Å². The van der Waals surface area contributed by atoms with Crippen molar-refractivity contribution in [1.82, 2.24) is 15.1 Å². The van der Waals surface area contributed by atoms with Crippen LogP contribution in [0.1, 0.15) is 55.2 Å². The first-order chi connectivity index (χ1) is 14.5. The Bertz CT molecular complexity index is 859. The number of anilines is 1. The zero-order valence-electron chi connectivity index (χ0n) is 17.3. The molecule has 1 aromatic carbocycles. The normalized spacial score (nSPS) is 16.8. The van der Waals surface area contributed by atoms with Crippen molar-refractivity contribution in [1.29, 1.82) is 0 Å². The summed E-state index contributed by atoms with van der Waals surface area (Å²) in [5.74, 6) is 0. The molecule has 0 aliphatic carbocycles. The van der Waals surface area contributed by atoms with E-state index in [0.717, 1.165) is 34.3 Å². The molecule has 1 aromatic heterocycles. The van der Waals surface area contributed by atoms with Gasteiger partial charge in [0.15, 0.2) is 11.3 Å². The summed E-state index contributed by atoms with van der Waals surface area (Å²) >= 11 is 10.4. The lowest BCUT2D eigenvalue weighted by Gasteiger charge is -2.37. The van der Waals surface area contributed by atoms with Crippen LogP contribution in [0.2, 0.25) is 0 Å². The summed E-state index contributed by atoms with van der Waals surface area (Å²) in [6.45, 7) is 2.80. The number of halogens is 1. The number of nitrogens with zero attached hydrogens (tertiary/aromatic N) is 4. The first kappa shape index (κ1) is 23.1. The van der Waals surface area contributed by atoms with Crippen molar-refractivity contribution in [3.63, 3.8) is 0 Å². The van der Waals surface area contributed by atoms with Crippen LogP contribution < -0.4 is 4.90 Å². The molecule has 0 N–H and O–H groups in total. The predicted molar refractivity (Wildman–Crippen MR) is 129 cm³/mol. The molecule has 6 nitrogen and oxygen atoms in total. The monoisotopic (exact) mass is 510 g/mol. The zero-order chi connectivity index (χ0) is 21.5. The van der Waals surface area contributed by atoms with Crippen molar-refractivity contribution in [3.8, 4) is 0 Å². The number of amides is 2. The number of urea groups is 1. The minimum absolute atomic E-state index is 0.141. The fourth-order valence-corrected chi connectivity index (χ4v) is 4.76. The molecule has 2 aromatic rings. The molecule has 0 spiro atoms. The van der Waals surface area contributed by atoms with Gasteiger partial charge >= 0.3 is 6.03 Å². The second kappa shape index (κ2) is 11.2. The first-order valence-electron chi connectivity index (χ1n) is 10.3. The van der Waals surface area contributed by atoms with Gasteiger partial charge in [0, 0.05) is 37.3 Å². The average Bonchev–Trinajstić information content (AvgIpc) is 3.22. The minimum atomic E-state index is -0.488. The lowest BCUT2D eigenvalue weighted by Crippen LogP contribution is -2.54. The molecule has 1 unspecified atom stereocenters. The van der Waals surface area contributed by atoms with Gasteiger partial charge in [0.1, 0.15) is 5.01 Å². The number of rotatable bonds is 9. The van der Waals surface area contributed by atoms with E-state index >= 15 is 0 Å². The highest BCUT2D eigenvalue weighted by Crippen LogP contribution is 2.29. The Kier molecular flexibility index (Phi) is 8.59. The Morgan fingerprint density at radius 3 is 2.73 bits per heavy atom. The molecule has 2 heterocycles. The molecular weight excluding hydrogens is 484 g/mol. The van der Waals surface area contributed by atoms with Gasteiger partial charge in [0.2, 0.25) is 5.13 Å². The van der Waals surface area contributed by atoms with E-state index in [1.54, 1.807) is 16.8 Å². The van der Waals surface area contributed by atoms with E-state index in [-0.39, 0.29) is 6.03 Å². The maximum atomic E-state index is 12.9. The van der Waals surface area contributed by atoms with E-state index in [1.807, 2.05) is 24.3 Å². The lowest BCUT2D eigenvalue weighted by atomic mass is 10.1. The van der Waals surface area contributed by atoms with Gasteiger partial charge in [0.05, 0.1) is 0 Å². The van der Waals surface area contributed by atoms with Gasteiger partial charge in [-0.25, -0.2) is 9.69 Å². The quantitative estimate of drug-likeness (QED) is 0.252. The summed E-state index contributed by atoms with van der Waals surface area (Å²) in [6.07, 6.45) is 5.75. The second-order valence-corrected chi connectivity index (χ2v) is 9.31. The highest BCUT2D eigenvalue weighted by Gasteiger charge is 2.37. The van der Waals surface area contributed by atoms with Gasteiger partial charge in [0.25, 0.3) is 0 Å². The number of alkyl halides is 1. The van der Waals surface area contributed by atoms with Crippen LogP contribution in [0.4, 0.5) is 9.93 Å². The van der Waals surface area contributed by atoms with Crippen LogP contribution in [-0.4, -0.2) is 46.0 Å². The largest absolute Gasteiger partial charge is 0.459 e. The molecule has 1 fully saturated rings. The third kappa shape index (κ3) is 5.76. The summed E-state index contributed by atoms with van der Waals surface area (Å²) in [7, 11) is 1.79. The standard InChI is InChI=1S/C21H27BrN4O2S2/c1-3-4-5-6-7-17-23-24-20(30-17)26-18(12-13-25(2)21(26)27)28-19(29)16-10-8-15(14-22)9-11-16/h8-11,18H,3-7,12-14H2,1-2H3. The van der Waals surface area contributed by atoms with Gasteiger partial charge < -0.3 is 9.64 Å². The van der Waals surface area contributed by atoms with Crippen molar-refractivity contribution in [2.75, 3.05) is 18.5 Å². The summed E-state index contributed by atoms with van der Waals surface area (Å²) in [6, 6.07) is 7.76. The van der Waals surface area contributed by atoms with Gasteiger partial charge in [-0.1, -0.05) is 77.7 Å². The maximum absolute atomic E-state index is 12.9. The molecule has 2 amide bonds. The Hall–Kier alpha value is -1.58. The van der Waals surface area contributed by atoms with Crippen LogP contribution in [0.15, 0.2) is 24.3 Å². The number of aromatic nitrogens is 2. The Labute approximate surface area is 195 Å². The summed E-state index contributed by atoms with van der Waals surface area (Å²) in [4.78, 5) is 16.2. The molecule has 0 saturated carbocycles. The smallest absolute Gasteiger partial charge is 0.329 e. The second-order valence-electron chi connectivity index (χ2n) is 7.34. The highest BCUT2D eigenvalue weighted by atomic mass is 79.9. The molecule has 0 radical (unpaired) electrons. The Morgan fingerprint density at radius 1 is 1.27 bits per heavy atom. The van der Waals surface area contributed by atoms with Crippen molar-refractivity contribution in [3.05, 3.63) is 40.4 Å². The van der Waals surface area contributed by atoms with Gasteiger partial charge in [-0.15, -0.1) is 10.2 Å². The van der Waals surface area contributed by atoms with E-state index in [4.69, 9.17) is 17.0 Å². The minimum Gasteiger partial charge on any atom is -0.459 e. The average molecular weight is 512 g/mol. The number of carbonyl (C=O) groups excluding carboxylic acids is 1. The van der Waals surface area contributed by atoms with E-state index in [9.17, 15) is 4.79 Å². The van der Waals surface area contributed by atoms with Crippen LogP contribution >= 0.6 is 39.5 Å². The topological polar surface area (TPSA) is 58.6 Å². The van der Waals surface area contributed by atoms with Crippen molar-refractivity contribution in [2.45, 2.75) is 57.0 Å². The number of carbonyl (C=O) groups is 1. The number of hydrogen-bond acceptors (Lipinski definition) is 6. The molecule has 0 bridgehead atoms. The molecule has 1 aliphatic rings. The van der Waals surface area contributed by atoms with Gasteiger partial charge in [-0.05, 0) is 24.2 Å². The van der Waals surface area contributed by atoms with Gasteiger partial charge in [-0.2, -0.15) is 0 Å². The number of aryl methyl sites for hydroxylation is 1. The van der Waals surface area contributed by atoms with E-state index in [1.165, 1.54) is 30.6 Å². The van der Waals surface area contributed by atoms with E-state index in [2.05, 4.69) is 33.1 Å². The SMILES string of the molecule is CCCCCCc1nnc(N2C(=O)N(C)CCC2OC(=S)c2ccc(CBr)cc2)s1. The number of ether oxygens (including phenoxy) is 1. The van der Waals surface area contributed by atoms with Crippen LogP contribution in [-0.2, 0) is 16.5 Å². The number of thiocarbonyl (C=S) groups is 1. The molecule has 1 saturated heterocycles. The molecule has 1 aliphatic heterocycles. The van der Waals surface area contributed by atoms with Crippen LogP contribution in [0, 0.1) is 0 Å². The molecule has 1 atom stereocenters. The fourth-order valence-electron chi connectivity index (χ4n) is 3.22. The first-order valence-corrected chi connectivity index (χ1v) is 12.6. The number of unbranched alkanes of at least 4 members (excludes halogenated alkanes) is 3. The predicted octanol–water partition coefficient (Wildman–Crippen LogP) is 5.54. The summed E-state index contributed by atoms with van der Waals surface area (Å²) in [5.41, 5.74) is 1.99. The van der Waals surface area contributed by atoms with E-state index < -0.39 is 6.23 Å². The molecule has 162 valence electrons. The fraction of sp³-hybridized carbons (Fsp3) is 0.524. The maximum Gasteiger partial charge on any atom is 0.329 e. The molecule has 3 rings (SSSR count). The number of benzene rings is 1. The Balaban J connectivity index is 1.72. The molecule has 9 heteroatoms. The third-order valence-corrected chi connectivity index (χ3v) is 6.99. The van der Waals surface area contributed by atoms with Crippen molar-refractivity contribution < 1.29 is 9.53 Å². The lowest BCUT2D eigenvalue weighted by molar-refractivity contribution is 0.128. The van der Waals surface area contributed by atoms with Crippen LogP contribution in [0.3, 0.4) is 0 Å². The van der Waals surface area contributed by atoms with E-state index in [0.29, 0.717) is 23.1 Å². The van der Waals surface area contributed by atoms with Crippen molar-refractivity contribution in [2.24, 2.45) is 0 Å². The zero-order valence-corrected chi connectivity index (χ0v) is 20.6. The summed E-state index contributed by atoms with van der Waals surface area (Å²) in [5, 5.41) is 11.3. The van der Waals surface area contributed by atoms with Crippen molar-refractivity contribution >= 4 is 55.7 Å². The Morgan fingerprint density at radius 2 is 2.03 bits per heavy atom. The molecule has 30 heavy (non-hydrogen) atoms. The third-order valence-electron chi connectivity index (χ3n) is 5.03. The van der Waals surface area contributed by atoms with Crippen LogP contribution in [0.5, 0.6) is 0 Å².